The molecular weight excluding hydrogens is 358 g/mol. The molecule has 2 rings (SSSR count). The average molecular weight is 365 g/mol. The van der Waals surface area contributed by atoms with Gasteiger partial charge in [0, 0.05) is 4.88 Å². The van der Waals surface area contributed by atoms with E-state index in [-0.39, 0.29) is 5.91 Å². The van der Waals surface area contributed by atoms with Crippen LogP contribution in [0.25, 0.3) is 0 Å². The Bertz CT molecular complexity index is 506. The Balaban J connectivity index is 1.93. The van der Waals surface area contributed by atoms with Gasteiger partial charge in [0.15, 0.2) is 10.4 Å². The number of thiophene rings is 1. The third kappa shape index (κ3) is 2.96. The van der Waals surface area contributed by atoms with Crippen molar-refractivity contribution in [1.82, 2.24) is 5.32 Å². The largest absolute Gasteiger partial charge is 0.444 e. The van der Waals surface area contributed by atoms with Gasteiger partial charge < -0.3 is 9.73 Å². The van der Waals surface area contributed by atoms with Gasteiger partial charge in [0.05, 0.1) is 10.3 Å². The van der Waals surface area contributed by atoms with Crippen LogP contribution < -0.4 is 5.32 Å². The normalized spacial score (nSPS) is 10.4. The zero-order valence-corrected chi connectivity index (χ0v) is 12.0. The second-order valence-electron chi connectivity index (χ2n) is 2.99. The summed E-state index contributed by atoms with van der Waals surface area (Å²) in [6.45, 7) is 0.507. The van der Waals surface area contributed by atoms with Crippen LogP contribution in [0.5, 0.6) is 0 Å². The molecule has 0 saturated heterocycles. The molecule has 0 fully saturated rings. The molecule has 0 aliphatic heterocycles. The van der Waals surface area contributed by atoms with Crippen molar-refractivity contribution in [3.05, 3.63) is 43.4 Å². The van der Waals surface area contributed by atoms with Crippen LogP contribution in [-0.2, 0) is 6.54 Å². The summed E-state index contributed by atoms with van der Waals surface area (Å²) in [5.41, 5.74) is 0. The van der Waals surface area contributed by atoms with E-state index in [9.17, 15) is 4.79 Å². The molecule has 0 unspecified atom stereocenters. The van der Waals surface area contributed by atoms with Crippen LogP contribution in [0, 0.1) is 0 Å². The van der Waals surface area contributed by atoms with Gasteiger partial charge in [0.1, 0.15) is 0 Å². The molecule has 2 heterocycles. The highest BCUT2D eigenvalue weighted by Gasteiger charge is 2.10. The second kappa shape index (κ2) is 5.16. The van der Waals surface area contributed by atoms with E-state index in [0.29, 0.717) is 17.0 Å². The highest BCUT2D eigenvalue weighted by molar-refractivity contribution is 9.11. The fourth-order valence-corrected chi connectivity index (χ4v) is 2.87. The Hall–Kier alpha value is -0.590. The minimum absolute atomic E-state index is 0.213. The average Bonchev–Trinajstić information content (AvgIpc) is 2.84. The molecule has 1 N–H and O–H groups in total. The first kappa shape index (κ1) is 11.9. The maximum atomic E-state index is 11.6. The first-order valence-electron chi connectivity index (χ1n) is 4.43. The first-order valence-corrected chi connectivity index (χ1v) is 6.83. The first-order chi connectivity index (χ1) is 7.65. The monoisotopic (exact) mass is 363 g/mol. The van der Waals surface area contributed by atoms with Crippen molar-refractivity contribution in [1.29, 1.82) is 0 Å². The van der Waals surface area contributed by atoms with Crippen LogP contribution >= 0.6 is 43.2 Å². The summed E-state index contributed by atoms with van der Waals surface area (Å²) in [7, 11) is 0. The third-order valence-electron chi connectivity index (χ3n) is 1.85. The Morgan fingerprint density at radius 3 is 2.69 bits per heavy atom. The van der Waals surface area contributed by atoms with E-state index in [1.807, 2.05) is 12.1 Å². The lowest BCUT2D eigenvalue weighted by Gasteiger charge is -1.99. The highest BCUT2D eigenvalue weighted by atomic mass is 79.9. The lowest BCUT2D eigenvalue weighted by Crippen LogP contribution is -2.21. The molecule has 0 aromatic carbocycles. The molecular formula is C10H7Br2NO2S. The van der Waals surface area contributed by atoms with Gasteiger partial charge in [-0.2, -0.15) is 0 Å². The number of amides is 1. The van der Waals surface area contributed by atoms with Crippen molar-refractivity contribution in [2.24, 2.45) is 0 Å². The van der Waals surface area contributed by atoms with E-state index in [1.54, 1.807) is 23.5 Å². The molecule has 0 radical (unpaired) electrons. The van der Waals surface area contributed by atoms with Crippen molar-refractivity contribution < 1.29 is 9.21 Å². The molecule has 84 valence electrons. The van der Waals surface area contributed by atoms with E-state index in [2.05, 4.69) is 37.2 Å². The molecule has 3 nitrogen and oxygen atoms in total. The van der Waals surface area contributed by atoms with Gasteiger partial charge in [0.25, 0.3) is 5.91 Å². The summed E-state index contributed by atoms with van der Waals surface area (Å²) in [4.78, 5) is 12.7. The molecule has 0 bridgehead atoms. The Morgan fingerprint density at radius 1 is 1.31 bits per heavy atom. The van der Waals surface area contributed by atoms with Gasteiger partial charge in [-0.15, -0.1) is 11.3 Å². The number of carbonyl (C=O) groups excluding carboxylic acids is 1. The molecule has 0 aliphatic rings. The van der Waals surface area contributed by atoms with Gasteiger partial charge in [-0.25, -0.2) is 0 Å². The predicted octanol–water partition coefficient (Wildman–Crippen LogP) is 3.80. The van der Waals surface area contributed by atoms with Crippen molar-refractivity contribution >= 4 is 49.1 Å². The second-order valence-corrected chi connectivity index (χ2v) is 6.32. The molecule has 0 aliphatic carbocycles. The summed E-state index contributed by atoms with van der Waals surface area (Å²) in [6.07, 6.45) is 0. The number of hydrogen-bond donors (Lipinski definition) is 1. The maximum Gasteiger partial charge on any atom is 0.287 e. The lowest BCUT2D eigenvalue weighted by molar-refractivity contribution is 0.0922. The maximum absolute atomic E-state index is 11.6. The summed E-state index contributed by atoms with van der Waals surface area (Å²) in [5.74, 6) is 0.0951. The van der Waals surface area contributed by atoms with Gasteiger partial charge >= 0.3 is 0 Å². The van der Waals surface area contributed by atoms with Crippen molar-refractivity contribution in [3.8, 4) is 0 Å². The van der Waals surface area contributed by atoms with E-state index < -0.39 is 0 Å². The zero-order valence-electron chi connectivity index (χ0n) is 8.00. The van der Waals surface area contributed by atoms with E-state index in [1.165, 1.54) is 0 Å². The smallest absolute Gasteiger partial charge is 0.287 e. The van der Waals surface area contributed by atoms with E-state index in [0.717, 1.165) is 8.66 Å². The molecule has 1 amide bonds. The predicted molar refractivity (Wildman–Crippen MR) is 69.6 cm³/mol. The van der Waals surface area contributed by atoms with E-state index in [4.69, 9.17) is 4.42 Å². The minimum atomic E-state index is -0.213. The molecule has 2 aromatic rings. The molecule has 0 atom stereocenters. The van der Waals surface area contributed by atoms with Crippen LogP contribution in [0.15, 0.2) is 37.1 Å². The van der Waals surface area contributed by atoms with Crippen molar-refractivity contribution in [2.45, 2.75) is 6.54 Å². The number of nitrogens with one attached hydrogen (secondary N) is 1. The number of carbonyl (C=O) groups is 1. The van der Waals surface area contributed by atoms with Crippen LogP contribution in [0.4, 0.5) is 0 Å². The van der Waals surface area contributed by atoms with Crippen LogP contribution in [-0.4, -0.2) is 5.91 Å². The number of halogens is 2. The fourth-order valence-electron chi connectivity index (χ4n) is 1.14. The summed E-state index contributed by atoms with van der Waals surface area (Å²) in [5, 5.41) is 2.78. The molecule has 6 heteroatoms. The van der Waals surface area contributed by atoms with Crippen LogP contribution in [0.1, 0.15) is 15.4 Å². The van der Waals surface area contributed by atoms with E-state index >= 15 is 0 Å². The van der Waals surface area contributed by atoms with Gasteiger partial charge in [0.2, 0.25) is 0 Å². The van der Waals surface area contributed by atoms with Crippen molar-refractivity contribution in [2.75, 3.05) is 0 Å². The van der Waals surface area contributed by atoms with Crippen molar-refractivity contribution in [3.63, 3.8) is 0 Å². The zero-order chi connectivity index (χ0) is 11.5. The fraction of sp³-hybridized carbons (Fsp3) is 0.100. The summed E-state index contributed by atoms with van der Waals surface area (Å²) in [6, 6.07) is 7.24. The summed E-state index contributed by atoms with van der Waals surface area (Å²) >= 11 is 8.11. The molecule has 2 aromatic heterocycles. The lowest BCUT2D eigenvalue weighted by atomic mass is 10.4. The minimum Gasteiger partial charge on any atom is -0.444 e. The Labute approximate surface area is 113 Å². The number of furan rings is 1. The van der Waals surface area contributed by atoms with Gasteiger partial charge in [-0.05, 0) is 56.1 Å². The molecule has 16 heavy (non-hydrogen) atoms. The topological polar surface area (TPSA) is 42.2 Å². The molecule has 0 saturated carbocycles. The highest BCUT2D eigenvalue weighted by Crippen LogP contribution is 2.22. The van der Waals surface area contributed by atoms with Gasteiger partial charge in [-0.1, -0.05) is 0 Å². The van der Waals surface area contributed by atoms with Crippen LogP contribution in [0.3, 0.4) is 0 Å². The summed E-state index contributed by atoms with van der Waals surface area (Å²) < 4.78 is 6.74. The van der Waals surface area contributed by atoms with Crippen LogP contribution in [0.2, 0.25) is 0 Å². The third-order valence-corrected chi connectivity index (χ3v) is 3.90. The number of hydrogen-bond acceptors (Lipinski definition) is 3. The number of rotatable bonds is 3. The Morgan fingerprint density at radius 2 is 2.12 bits per heavy atom. The quantitative estimate of drug-likeness (QED) is 0.900. The SMILES string of the molecule is O=C(NCc1ccc(Br)s1)c1ccc(Br)o1. The van der Waals surface area contributed by atoms with Gasteiger partial charge in [-0.3, -0.25) is 4.79 Å². The standard InChI is InChI=1S/C10H7Br2NO2S/c11-8-3-2-7(15-8)10(14)13-5-6-1-4-9(12)16-6/h1-4H,5H2,(H,13,14). The molecule has 0 spiro atoms. The Kier molecular flexibility index (Phi) is 3.83.